The van der Waals surface area contributed by atoms with Crippen LogP contribution in [0.25, 0.3) is 0 Å². The molecule has 3 atom stereocenters. The first-order valence-corrected chi connectivity index (χ1v) is 8.39. The van der Waals surface area contributed by atoms with E-state index in [2.05, 4.69) is 10.2 Å². The fourth-order valence-electron chi connectivity index (χ4n) is 3.66. The van der Waals surface area contributed by atoms with E-state index in [0.717, 1.165) is 38.9 Å². The summed E-state index contributed by atoms with van der Waals surface area (Å²) in [6, 6.07) is 0.359. The molecule has 0 radical (unpaired) electrons. The van der Waals surface area contributed by atoms with Crippen LogP contribution in [0.5, 0.6) is 0 Å². The number of nitrogens with one attached hydrogen (secondary N) is 1. The summed E-state index contributed by atoms with van der Waals surface area (Å²) in [5.74, 6) is 0.737. The average Bonchev–Trinajstić information content (AvgIpc) is 2.46. The number of carbonyl (C=O) groups excluding carboxylic acids is 1. The van der Waals surface area contributed by atoms with E-state index in [1.54, 1.807) is 0 Å². The van der Waals surface area contributed by atoms with Crippen LogP contribution in [0.2, 0.25) is 0 Å². The van der Waals surface area contributed by atoms with E-state index < -0.39 is 0 Å². The highest BCUT2D eigenvalue weighted by Crippen LogP contribution is 2.27. The van der Waals surface area contributed by atoms with Crippen LogP contribution < -0.4 is 5.32 Å². The Morgan fingerprint density at radius 3 is 2.80 bits per heavy atom. The van der Waals surface area contributed by atoms with Crippen molar-refractivity contribution in [3.8, 4) is 0 Å². The summed E-state index contributed by atoms with van der Waals surface area (Å²) in [7, 11) is 0. The zero-order chi connectivity index (χ0) is 14.4. The van der Waals surface area contributed by atoms with E-state index in [4.69, 9.17) is 0 Å². The van der Waals surface area contributed by atoms with Gasteiger partial charge >= 0.3 is 0 Å². The van der Waals surface area contributed by atoms with E-state index in [9.17, 15) is 9.90 Å². The van der Waals surface area contributed by atoms with Crippen LogP contribution in [-0.4, -0.2) is 47.7 Å². The van der Waals surface area contributed by atoms with Gasteiger partial charge in [-0.3, -0.25) is 9.69 Å². The highest BCUT2D eigenvalue weighted by atomic mass is 16.3. The van der Waals surface area contributed by atoms with Crippen molar-refractivity contribution in [1.29, 1.82) is 0 Å². The summed E-state index contributed by atoms with van der Waals surface area (Å²) in [5, 5.41) is 13.2. The third kappa shape index (κ3) is 4.45. The van der Waals surface area contributed by atoms with Gasteiger partial charge in [0.1, 0.15) is 0 Å². The van der Waals surface area contributed by atoms with Crippen molar-refractivity contribution in [3.05, 3.63) is 0 Å². The number of hydrogen-bond donors (Lipinski definition) is 2. The van der Waals surface area contributed by atoms with Crippen molar-refractivity contribution in [3.63, 3.8) is 0 Å². The highest BCUT2D eigenvalue weighted by Gasteiger charge is 2.31. The lowest BCUT2D eigenvalue weighted by Gasteiger charge is -2.42. The molecule has 116 valence electrons. The number of aliphatic hydroxyl groups excluding tert-OH is 1. The lowest BCUT2D eigenvalue weighted by atomic mass is 9.88. The summed E-state index contributed by atoms with van der Waals surface area (Å²) >= 11 is 0. The van der Waals surface area contributed by atoms with Gasteiger partial charge in [-0.1, -0.05) is 19.8 Å². The van der Waals surface area contributed by atoms with Crippen LogP contribution in [-0.2, 0) is 4.79 Å². The number of aliphatic hydroxyl groups is 1. The molecule has 1 saturated carbocycles. The minimum absolute atomic E-state index is 0.141. The Kier molecular flexibility index (Phi) is 6.30. The average molecular weight is 282 g/mol. The van der Waals surface area contributed by atoms with Crippen molar-refractivity contribution in [2.75, 3.05) is 19.6 Å². The van der Waals surface area contributed by atoms with Gasteiger partial charge in [-0.25, -0.2) is 0 Å². The number of piperidine rings is 1. The number of carbonyl (C=O) groups is 1. The van der Waals surface area contributed by atoms with E-state index >= 15 is 0 Å². The fraction of sp³-hybridized carbons (Fsp3) is 0.938. The maximum atomic E-state index is 11.6. The molecule has 0 aromatic carbocycles. The predicted octanol–water partition coefficient (Wildman–Crippen LogP) is 1.92. The molecular formula is C16H30N2O2. The van der Waals surface area contributed by atoms with E-state index in [1.165, 1.54) is 25.7 Å². The van der Waals surface area contributed by atoms with Gasteiger partial charge in [0, 0.05) is 25.6 Å². The number of rotatable bonds is 5. The Morgan fingerprint density at radius 2 is 2.05 bits per heavy atom. The van der Waals surface area contributed by atoms with Crippen molar-refractivity contribution in [2.24, 2.45) is 5.92 Å². The van der Waals surface area contributed by atoms with Crippen LogP contribution in [0.1, 0.15) is 58.3 Å². The molecule has 4 nitrogen and oxygen atoms in total. The summed E-state index contributed by atoms with van der Waals surface area (Å²) < 4.78 is 0. The van der Waals surface area contributed by atoms with Gasteiger partial charge in [0.2, 0.25) is 5.91 Å². The van der Waals surface area contributed by atoms with Crippen molar-refractivity contribution < 1.29 is 9.90 Å². The van der Waals surface area contributed by atoms with Crippen molar-refractivity contribution in [2.45, 2.75) is 70.4 Å². The monoisotopic (exact) mass is 282 g/mol. The molecular weight excluding hydrogens is 252 g/mol. The van der Waals surface area contributed by atoms with Crippen LogP contribution in [0.3, 0.4) is 0 Å². The molecule has 0 spiro atoms. The molecule has 0 unspecified atom stereocenters. The first-order valence-electron chi connectivity index (χ1n) is 8.39. The Morgan fingerprint density at radius 1 is 1.25 bits per heavy atom. The molecule has 0 bridgehead atoms. The number of likely N-dealkylation sites (tertiary alicyclic amines) is 1. The van der Waals surface area contributed by atoms with E-state index in [1.807, 2.05) is 6.92 Å². The molecule has 1 saturated heterocycles. The predicted molar refractivity (Wildman–Crippen MR) is 80.5 cm³/mol. The quantitative estimate of drug-likeness (QED) is 0.810. The summed E-state index contributed by atoms with van der Waals surface area (Å²) in [5.41, 5.74) is 0. The second-order valence-electron chi connectivity index (χ2n) is 6.48. The highest BCUT2D eigenvalue weighted by molar-refractivity contribution is 5.75. The summed E-state index contributed by atoms with van der Waals surface area (Å²) in [6.45, 7) is 4.99. The smallest absolute Gasteiger partial charge is 0.219 e. The Bertz CT molecular complexity index is 309. The minimum atomic E-state index is -0.141. The first kappa shape index (κ1) is 15.8. The van der Waals surface area contributed by atoms with E-state index in [-0.39, 0.29) is 12.0 Å². The zero-order valence-electron chi connectivity index (χ0n) is 12.8. The normalized spacial score (nSPS) is 32.0. The second kappa shape index (κ2) is 7.99. The lowest BCUT2D eigenvalue weighted by Crippen LogP contribution is -2.51. The topological polar surface area (TPSA) is 52.6 Å². The van der Waals surface area contributed by atoms with Gasteiger partial charge in [0.25, 0.3) is 0 Å². The number of nitrogens with zero attached hydrogens (tertiary/aromatic N) is 1. The molecule has 1 amide bonds. The van der Waals surface area contributed by atoms with Gasteiger partial charge < -0.3 is 10.4 Å². The number of amides is 1. The van der Waals surface area contributed by atoms with Gasteiger partial charge in [-0.05, 0) is 44.6 Å². The SMILES string of the molecule is CCCC(=O)NC[C@@H]1CCCN([C@@H]2CCCC[C@@H]2O)C1. The summed E-state index contributed by atoms with van der Waals surface area (Å²) in [6.07, 6.45) is 8.31. The molecule has 2 N–H and O–H groups in total. The largest absolute Gasteiger partial charge is 0.391 e. The van der Waals surface area contributed by atoms with Crippen LogP contribution in [0.4, 0.5) is 0 Å². The van der Waals surface area contributed by atoms with Crippen LogP contribution in [0, 0.1) is 5.92 Å². The molecule has 1 heterocycles. The van der Waals surface area contributed by atoms with Gasteiger partial charge in [0.05, 0.1) is 6.10 Å². The third-order valence-electron chi connectivity index (χ3n) is 4.78. The second-order valence-corrected chi connectivity index (χ2v) is 6.48. The first-order chi connectivity index (χ1) is 9.70. The fourth-order valence-corrected chi connectivity index (χ4v) is 3.66. The van der Waals surface area contributed by atoms with Crippen LogP contribution >= 0.6 is 0 Å². The van der Waals surface area contributed by atoms with Gasteiger partial charge in [-0.2, -0.15) is 0 Å². The molecule has 2 rings (SSSR count). The van der Waals surface area contributed by atoms with Crippen LogP contribution in [0.15, 0.2) is 0 Å². The molecule has 20 heavy (non-hydrogen) atoms. The Hall–Kier alpha value is -0.610. The Labute approximate surface area is 122 Å². The van der Waals surface area contributed by atoms with Gasteiger partial charge in [-0.15, -0.1) is 0 Å². The standard InChI is InChI=1S/C16H30N2O2/c1-2-6-16(20)17-11-13-7-5-10-18(12-13)14-8-3-4-9-15(14)19/h13-15,19H,2-12H2,1H3,(H,17,20)/t13-,14+,15-/m0/s1. The third-order valence-corrected chi connectivity index (χ3v) is 4.78. The Balaban J connectivity index is 1.77. The van der Waals surface area contributed by atoms with E-state index in [0.29, 0.717) is 18.4 Å². The maximum Gasteiger partial charge on any atom is 0.219 e. The molecule has 2 fully saturated rings. The molecule has 1 aliphatic carbocycles. The lowest BCUT2D eigenvalue weighted by molar-refractivity contribution is -0.121. The molecule has 2 aliphatic rings. The maximum absolute atomic E-state index is 11.6. The zero-order valence-corrected chi connectivity index (χ0v) is 12.8. The van der Waals surface area contributed by atoms with Crippen molar-refractivity contribution in [1.82, 2.24) is 10.2 Å². The molecule has 4 heteroatoms. The minimum Gasteiger partial charge on any atom is -0.391 e. The van der Waals surface area contributed by atoms with Crippen molar-refractivity contribution >= 4 is 5.91 Å². The number of hydrogen-bond acceptors (Lipinski definition) is 3. The summed E-state index contributed by atoms with van der Waals surface area (Å²) in [4.78, 5) is 14.0. The molecule has 0 aromatic rings. The molecule has 0 aromatic heterocycles. The van der Waals surface area contributed by atoms with Gasteiger partial charge in [0.15, 0.2) is 0 Å². The molecule has 1 aliphatic heterocycles.